The second kappa shape index (κ2) is 13.1. The van der Waals surface area contributed by atoms with Crippen LogP contribution in [0.5, 0.6) is 11.5 Å². The highest BCUT2D eigenvalue weighted by atomic mass is 16.6. The second-order valence-corrected chi connectivity index (χ2v) is 13.4. The maximum absolute atomic E-state index is 13.1. The molecule has 11 nitrogen and oxygen atoms in total. The molecule has 0 unspecified atom stereocenters. The van der Waals surface area contributed by atoms with Gasteiger partial charge in [-0.1, -0.05) is 12.1 Å². The predicted molar refractivity (Wildman–Crippen MR) is 180 cm³/mol. The lowest BCUT2D eigenvalue weighted by atomic mass is 10.0. The van der Waals surface area contributed by atoms with Gasteiger partial charge in [0.05, 0.1) is 36.9 Å². The van der Waals surface area contributed by atoms with Gasteiger partial charge in [0.25, 0.3) is 0 Å². The Balaban J connectivity index is 1.12. The molecule has 0 saturated carbocycles. The smallest absolute Gasteiger partial charge is 0.410 e. The number of amides is 2. The molecule has 6 rings (SSSR count). The van der Waals surface area contributed by atoms with Crippen LogP contribution >= 0.6 is 0 Å². The van der Waals surface area contributed by atoms with Crippen LogP contribution in [0.2, 0.25) is 0 Å². The maximum atomic E-state index is 13.1. The van der Waals surface area contributed by atoms with Crippen LogP contribution in [0.25, 0.3) is 16.8 Å². The van der Waals surface area contributed by atoms with Gasteiger partial charge in [0.1, 0.15) is 28.7 Å². The van der Waals surface area contributed by atoms with Crippen LogP contribution in [0.1, 0.15) is 52.6 Å². The fraction of sp³-hybridized carbons (Fsp3) is 0.444. The van der Waals surface area contributed by atoms with Crippen molar-refractivity contribution in [1.82, 2.24) is 24.4 Å². The third-order valence-electron chi connectivity index (χ3n) is 9.04. The molecule has 5 heterocycles. The van der Waals surface area contributed by atoms with E-state index < -0.39 is 5.60 Å². The number of methoxy groups -OCH3 is 1. The lowest BCUT2D eigenvalue weighted by Crippen LogP contribution is -2.50. The van der Waals surface area contributed by atoms with Gasteiger partial charge in [-0.05, 0) is 76.6 Å². The van der Waals surface area contributed by atoms with Gasteiger partial charge in [-0.2, -0.15) is 5.10 Å². The highest BCUT2D eigenvalue weighted by Crippen LogP contribution is 2.34. The number of fused-ring (bicyclic) bond motifs is 1. The molecule has 0 radical (unpaired) electrons. The number of aromatic nitrogens is 3. The minimum Gasteiger partial charge on any atom is -0.497 e. The van der Waals surface area contributed by atoms with Gasteiger partial charge in [0.2, 0.25) is 5.91 Å². The summed E-state index contributed by atoms with van der Waals surface area (Å²) in [5.41, 5.74) is 4.09. The number of ether oxygens (including phenoxy) is 3. The number of carbonyl (C=O) groups excluding carboxylic acids is 2. The molecule has 248 valence electrons. The first-order valence-corrected chi connectivity index (χ1v) is 16.3. The number of anilines is 1. The molecule has 47 heavy (non-hydrogen) atoms. The zero-order valence-electron chi connectivity index (χ0n) is 28.1. The SMILES string of the molecule is COc1ccc([C@@H](C)N2C[C@H]([C@@H](C)Oc3cc(-c4ccc(N5CCN(C(=O)OC(C)(C)C)CC5)cn4)cn4nccc34)CC2=O)cc1. The van der Waals surface area contributed by atoms with Gasteiger partial charge in [-0.3, -0.25) is 9.78 Å². The summed E-state index contributed by atoms with van der Waals surface area (Å²) < 4.78 is 19.2. The molecule has 1 aromatic carbocycles. The van der Waals surface area contributed by atoms with Gasteiger partial charge in [-0.15, -0.1) is 0 Å². The van der Waals surface area contributed by atoms with Crippen molar-refractivity contribution in [2.24, 2.45) is 5.92 Å². The normalized spacial score (nSPS) is 18.4. The van der Waals surface area contributed by atoms with E-state index in [9.17, 15) is 9.59 Å². The van der Waals surface area contributed by atoms with Crippen LogP contribution in [0.15, 0.2) is 67.1 Å². The van der Waals surface area contributed by atoms with Crippen LogP contribution in [-0.2, 0) is 9.53 Å². The number of rotatable bonds is 8. The molecule has 4 aromatic rings. The lowest BCUT2D eigenvalue weighted by Gasteiger charge is -2.36. The molecule has 0 aliphatic carbocycles. The summed E-state index contributed by atoms with van der Waals surface area (Å²) in [4.78, 5) is 36.3. The van der Waals surface area contributed by atoms with Gasteiger partial charge >= 0.3 is 6.09 Å². The van der Waals surface area contributed by atoms with Crippen LogP contribution in [-0.4, -0.2) is 87.9 Å². The van der Waals surface area contributed by atoms with Gasteiger partial charge < -0.3 is 28.9 Å². The Morgan fingerprint density at radius 3 is 2.40 bits per heavy atom. The third kappa shape index (κ3) is 7.13. The Morgan fingerprint density at radius 2 is 1.74 bits per heavy atom. The molecular weight excluding hydrogens is 596 g/mol. The van der Waals surface area contributed by atoms with E-state index in [0.717, 1.165) is 33.8 Å². The Hall–Kier alpha value is -4.80. The highest BCUT2D eigenvalue weighted by molar-refractivity contribution is 5.79. The first-order valence-electron chi connectivity index (χ1n) is 16.3. The topological polar surface area (TPSA) is 102 Å². The Bertz CT molecular complexity index is 1710. The molecule has 0 N–H and O–H groups in total. The Labute approximate surface area is 276 Å². The number of carbonyl (C=O) groups is 2. The van der Waals surface area contributed by atoms with Crippen LogP contribution < -0.4 is 14.4 Å². The average Bonchev–Trinajstić information content (AvgIpc) is 3.71. The molecule has 3 aromatic heterocycles. The van der Waals surface area contributed by atoms with E-state index >= 15 is 0 Å². The van der Waals surface area contributed by atoms with E-state index in [1.807, 2.05) is 87.5 Å². The van der Waals surface area contributed by atoms with E-state index in [-0.39, 0.29) is 30.1 Å². The monoisotopic (exact) mass is 640 g/mol. The largest absolute Gasteiger partial charge is 0.497 e. The van der Waals surface area contributed by atoms with Crippen molar-refractivity contribution in [2.45, 2.75) is 58.8 Å². The van der Waals surface area contributed by atoms with E-state index in [4.69, 9.17) is 19.2 Å². The molecule has 0 spiro atoms. The molecule has 2 aliphatic heterocycles. The summed E-state index contributed by atoms with van der Waals surface area (Å²) in [6, 6.07) is 15.8. The first kappa shape index (κ1) is 32.2. The number of pyridine rings is 2. The Kier molecular flexibility index (Phi) is 8.98. The number of nitrogens with zero attached hydrogens (tertiary/aromatic N) is 6. The minimum absolute atomic E-state index is 0.0432. The van der Waals surface area contributed by atoms with E-state index in [2.05, 4.69) is 23.0 Å². The van der Waals surface area contributed by atoms with Gasteiger partial charge in [-0.25, -0.2) is 9.31 Å². The maximum Gasteiger partial charge on any atom is 0.410 e. The van der Waals surface area contributed by atoms with Gasteiger partial charge in [0.15, 0.2) is 0 Å². The van der Waals surface area contributed by atoms with Crippen molar-refractivity contribution < 1.29 is 23.8 Å². The molecule has 3 atom stereocenters. The fourth-order valence-electron chi connectivity index (χ4n) is 6.26. The van der Waals surface area contributed by atoms with Crippen molar-refractivity contribution in [2.75, 3.05) is 44.7 Å². The van der Waals surface area contributed by atoms with Crippen molar-refractivity contribution in [1.29, 1.82) is 0 Å². The van der Waals surface area contributed by atoms with Crippen molar-refractivity contribution in [3.8, 4) is 22.8 Å². The number of piperazine rings is 1. The number of benzene rings is 1. The molecule has 2 saturated heterocycles. The molecule has 2 fully saturated rings. The minimum atomic E-state index is -0.510. The zero-order valence-corrected chi connectivity index (χ0v) is 28.1. The van der Waals surface area contributed by atoms with Crippen LogP contribution in [0.3, 0.4) is 0 Å². The molecular formula is C36H44N6O5. The summed E-state index contributed by atoms with van der Waals surface area (Å²) >= 11 is 0. The van der Waals surface area contributed by atoms with Crippen molar-refractivity contribution in [3.05, 3.63) is 72.7 Å². The summed E-state index contributed by atoms with van der Waals surface area (Å²) in [6.45, 7) is 13.0. The molecule has 2 amide bonds. The summed E-state index contributed by atoms with van der Waals surface area (Å²) in [5.74, 6) is 1.67. The number of hydrogen-bond acceptors (Lipinski definition) is 8. The standard InChI is InChI=1S/C36H44N6O5/c1-24(26-7-10-30(45-6)11-8-26)41-22-27(20-34(41)43)25(2)46-33-19-28(23-42-32(33)13-14-38-42)31-12-9-29(21-37-31)39-15-17-40(18-16-39)35(44)47-36(3,4)5/h7-14,19,21,23-25,27H,15-18,20,22H2,1-6H3/t24-,25-,27-/m1/s1. The predicted octanol–water partition coefficient (Wildman–Crippen LogP) is 5.84. The summed E-state index contributed by atoms with van der Waals surface area (Å²) in [6.07, 6.45) is 5.54. The number of likely N-dealkylation sites (tertiary alicyclic amines) is 1. The van der Waals surface area contributed by atoms with Crippen LogP contribution in [0.4, 0.5) is 10.5 Å². The Morgan fingerprint density at radius 1 is 1.00 bits per heavy atom. The second-order valence-electron chi connectivity index (χ2n) is 13.4. The van der Waals surface area contributed by atoms with Crippen LogP contribution in [0, 0.1) is 5.92 Å². The van der Waals surface area contributed by atoms with E-state index in [0.29, 0.717) is 44.9 Å². The van der Waals surface area contributed by atoms with E-state index in [1.165, 1.54) is 0 Å². The lowest BCUT2D eigenvalue weighted by molar-refractivity contribution is -0.129. The number of hydrogen-bond donors (Lipinski definition) is 0. The average molecular weight is 641 g/mol. The quantitative estimate of drug-likeness (QED) is 0.237. The molecule has 0 bridgehead atoms. The van der Waals surface area contributed by atoms with E-state index in [1.54, 1.807) is 22.7 Å². The van der Waals surface area contributed by atoms with Crippen molar-refractivity contribution in [3.63, 3.8) is 0 Å². The summed E-state index contributed by atoms with van der Waals surface area (Å²) in [5, 5.41) is 4.48. The van der Waals surface area contributed by atoms with Crippen molar-refractivity contribution >= 4 is 23.2 Å². The zero-order chi connectivity index (χ0) is 33.3. The fourth-order valence-corrected chi connectivity index (χ4v) is 6.26. The summed E-state index contributed by atoms with van der Waals surface area (Å²) in [7, 11) is 1.65. The highest BCUT2D eigenvalue weighted by Gasteiger charge is 2.37. The molecule has 11 heteroatoms. The third-order valence-corrected chi connectivity index (χ3v) is 9.04. The molecule has 2 aliphatic rings. The van der Waals surface area contributed by atoms with Gasteiger partial charge in [0, 0.05) is 56.8 Å². The first-order chi connectivity index (χ1) is 22.5.